The summed E-state index contributed by atoms with van der Waals surface area (Å²) in [7, 11) is 0. The monoisotopic (exact) mass is 192 g/mol. The predicted octanol–water partition coefficient (Wildman–Crippen LogP) is -3.83. The van der Waals surface area contributed by atoms with Crippen molar-refractivity contribution in [2.24, 2.45) is 5.92 Å². The molecule has 2 saturated carbocycles. The third-order valence-electron chi connectivity index (χ3n) is 3.10. The Balaban J connectivity index is 2.28. The van der Waals surface area contributed by atoms with Crippen molar-refractivity contribution in [1.29, 1.82) is 0 Å². The van der Waals surface area contributed by atoms with Crippen molar-refractivity contribution < 1.29 is 30.6 Å². The fourth-order valence-electron chi connectivity index (χ4n) is 2.11. The molecule has 6 N–H and O–H groups in total. The molecule has 76 valence electrons. The van der Waals surface area contributed by atoms with Gasteiger partial charge >= 0.3 is 0 Å². The van der Waals surface area contributed by atoms with Crippen LogP contribution in [0.15, 0.2) is 0 Å². The van der Waals surface area contributed by atoms with Gasteiger partial charge in [0.25, 0.3) is 0 Å². The average molecular weight is 192 g/mol. The van der Waals surface area contributed by atoms with Gasteiger partial charge in [-0.1, -0.05) is 0 Å². The van der Waals surface area contributed by atoms with Crippen molar-refractivity contribution in [3.8, 4) is 0 Å². The fraction of sp³-hybridized carbons (Fsp3) is 1.00. The molecular weight excluding hydrogens is 180 g/mol. The first-order valence-corrected chi connectivity index (χ1v) is 4.05. The number of fused-ring (bicyclic) bond motifs is 1. The van der Waals surface area contributed by atoms with E-state index < -0.39 is 42.0 Å². The Kier molecular flexibility index (Phi) is 1.73. The molecule has 0 aromatic rings. The molecule has 0 amide bonds. The van der Waals surface area contributed by atoms with E-state index in [9.17, 15) is 15.3 Å². The van der Waals surface area contributed by atoms with Crippen LogP contribution in [-0.4, -0.2) is 66.8 Å². The summed E-state index contributed by atoms with van der Waals surface area (Å²) in [6, 6.07) is 0. The zero-order chi connectivity index (χ0) is 9.96. The van der Waals surface area contributed by atoms with Gasteiger partial charge < -0.3 is 30.6 Å². The molecule has 6 heteroatoms. The van der Waals surface area contributed by atoms with Gasteiger partial charge in [0.15, 0.2) is 0 Å². The van der Waals surface area contributed by atoms with Crippen LogP contribution in [0.2, 0.25) is 0 Å². The maximum absolute atomic E-state index is 9.51. The van der Waals surface area contributed by atoms with E-state index in [0.717, 1.165) is 0 Å². The van der Waals surface area contributed by atoms with E-state index in [4.69, 9.17) is 15.3 Å². The molecule has 0 aromatic heterocycles. The first-order chi connectivity index (χ1) is 5.92. The smallest absolute Gasteiger partial charge is 0.127 e. The fourth-order valence-corrected chi connectivity index (χ4v) is 2.11. The van der Waals surface area contributed by atoms with Gasteiger partial charge in [-0.15, -0.1) is 0 Å². The minimum atomic E-state index is -1.86. The Morgan fingerprint density at radius 2 is 1.23 bits per heavy atom. The van der Waals surface area contributed by atoms with Gasteiger partial charge in [-0.3, -0.25) is 0 Å². The summed E-state index contributed by atoms with van der Waals surface area (Å²) in [6.45, 7) is 0. The lowest BCUT2D eigenvalue weighted by Crippen LogP contribution is -2.57. The quantitative estimate of drug-likeness (QED) is 0.234. The highest BCUT2D eigenvalue weighted by Crippen LogP contribution is 2.53. The Hall–Kier alpha value is -0.240. The number of aliphatic hydroxyl groups excluding tert-OH is 5. The van der Waals surface area contributed by atoms with Gasteiger partial charge in [0, 0.05) is 0 Å². The summed E-state index contributed by atoms with van der Waals surface area (Å²) in [4.78, 5) is 0. The molecule has 0 bridgehead atoms. The average Bonchev–Trinajstić information content (AvgIpc) is 2.65. The summed E-state index contributed by atoms with van der Waals surface area (Å²) in [5.41, 5.74) is -1.86. The molecule has 0 radical (unpaired) electrons. The second-order valence-electron chi connectivity index (χ2n) is 3.77. The van der Waals surface area contributed by atoms with Gasteiger partial charge in [0.1, 0.15) is 23.9 Å². The van der Waals surface area contributed by atoms with Gasteiger partial charge in [-0.25, -0.2) is 0 Å². The molecular formula is C7H12O6. The van der Waals surface area contributed by atoms with Crippen LogP contribution in [0, 0.1) is 5.92 Å². The summed E-state index contributed by atoms with van der Waals surface area (Å²) in [5, 5.41) is 55.6. The molecule has 0 heterocycles. The predicted molar refractivity (Wildman–Crippen MR) is 38.5 cm³/mol. The van der Waals surface area contributed by atoms with Crippen molar-refractivity contribution in [1.82, 2.24) is 0 Å². The van der Waals surface area contributed by atoms with E-state index >= 15 is 0 Å². The summed E-state index contributed by atoms with van der Waals surface area (Å²) in [6.07, 6.45) is -7.47. The molecule has 2 fully saturated rings. The molecule has 0 saturated heterocycles. The lowest BCUT2D eigenvalue weighted by atomic mass is 9.87. The van der Waals surface area contributed by atoms with Gasteiger partial charge in [-0.05, 0) is 0 Å². The lowest BCUT2D eigenvalue weighted by Gasteiger charge is -2.34. The van der Waals surface area contributed by atoms with Crippen molar-refractivity contribution in [2.75, 3.05) is 0 Å². The third-order valence-corrected chi connectivity index (χ3v) is 3.10. The van der Waals surface area contributed by atoms with Gasteiger partial charge in [0.05, 0.1) is 18.1 Å². The molecule has 13 heavy (non-hydrogen) atoms. The topological polar surface area (TPSA) is 121 Å². The minimum absolute atomic E-state index is 0.971. The molecule has 2 rings (SSSR count). The van der Waals surface area contributed by atoms with Crippen molar-refractivity contribution in [3.05, 3.63) is 0 Å². The molecule has 0 aliphatic heterocycles. The molecule has 2 aliphatic rings. The Bertz CT molecular complexity index is 219. The highest BCUT2D eigenvalue weighted by atomic mass is 16.4. The number of hydrogen-bond acceptors (Lipinski definition) is 6. The van der Waals surface area contributed by atoms with Crippen LogP contribution < -0.4 is 0 Å². The van der Waals surface area contributed by atoms with Gasteiger partial charge in [0.2, 0.25) is 0 Å². The highest BCUT2D eigenvalue weighted by molar-refractivity contribution is 5.25. The number of aliphatic hydroxyl groups is 6. The van der Waals surface area contributed by atoms with E-state index in [2.05, 4.69) is 0 Å². The zero-order valence-electron chi connectivity index (χ0n) is 6.65. The molecule has 6 nitrogen and oxygen atoms in total. The highest BCUT2D eigenvalue weighted by Gasteiger charge is 2.76. The third kappa shape index (κ3) is 0.876. The Morgan fingerprint density at radius 1 is 0.692 bits per heavy atom. The molecule has 0 aromatic carbocycles. The first kappa shape index (κ1) is 9.32. The van der Waals surface area contributed by atoms with Crippen molar-refractivity contribution in [2.45, 2.75) is 36.1 Å². The molecule has 7 atom stereocenters. The van der Waals surface area contributed by atoms with E-state index in [1.165, 1.54) is 0 Å². The van der Waals surface area contributed by atoms with Crippen LogP contribution in [0.25, 0.3) is 0 Å². The first-order valence-electron chi connectivity index (χ1n) is 4.05. The zero-order valence-corrected chi connectivity index (χ0v) is 6.65. The van der Waals surface area contributed by atoms with Crippen LogP contribution in [-0.2, 0) is 0 Å². The van der Waals surface area contributed by atoms with Crippen LogP contribution in [0.1, 0.15) is 0 Å². The molecule has 2 aliphatic carbocycles. The number of rotatable bonds is 0. The largest absolute Gasteiger partial charge is 0.390 e. The minimum Gasteiger partial charge on any atom is -0.390 e. The lowest BCUT2D eigenvalue weighted by molar-refractivity contribution is -0.183. The van der Waals surface area contributed by atoms with Crippen LogP contribution in [0.5, 0.6) is 0 Å². The summed E-state index contributed by atoms with van der Waals surface area (Å²) < 4.78 is 0. The normalized spacial score (nSPS) is 66.0. The number of hydrogen-bond donors (Lipinski definition) is 6. The molecule has 6 unspecified atom stereocenters. The summed E-state index contributed by atoms with van der Waals surface area (Å²) in [5.74, 6) is -0.971. The van der Waals surface area contributed by atoms with Crippen LogP contribution in [0.3, 0.4) is 0 Å². The van der Waals surface area contributed by atoms with Crippen molar-refractivity contribution in [3.63, 3.8) is 0 Å². The molecule has 0 spiro atoms. The maximum atomic E-state index is 9.51. The van der Waals surface area contributed by atoms with Crippen LogP contribution >= 0.6 is 0 Å². The second-order valence-corrected chi connectivity index (χ2v) is 3.77. The Morgan fingerprint density at radius 3 is 1.77 bits per heavy atom. The SMILES string of the molecule is OC1C(O)C2(O)C(O)C2C(O)[C@@H]1O. The maximum Gasteiger partial charge on any atom is 0.127 e. The van der Waals surface area contributed by atoms with E-state index in [1.54, 1.807) is 0 Å². The van der Waals surface area contributed by atoms with Gasteiger partial charge in [-0.2, -0.15) is 0 Å². The van der Waals surface area contributed by atoms with E-state index in [0.29, 0.717) is 0 Å². The standard InChI is InChI=1S/C7H12O6/c8-2-1-5(11)7(1,13)6(12)4(10)3(2)9/h1-6,8-13H/t1?,2?,3-,4?,5?,6?,7?/m0/s1. The Labute approximate surface area is 73.7 Å². The van der Waals surface area contributed by atoms with E-state index in [-0.39, 0.29) is 0 Å². The second kappa shape index (κ2) is 2.41. The van der Waals surface area contributed by atoms with Crippen molar-refractivity contribution >= 4 is 0 Å². The summed E-state index contributed by atoms with van der Waals surface area (Å²) >= 11 is 0. The van der Waals surface area contributed by atoms with Crippen LogP contribution in [0.4, 0.5) is 0 Å². The van der Waals surface area contributed by atoms with E-state index in [1.807, 2.05) is 0 Å².